The minimum Gasteiger partial charge on any atom is -0.495 e. The highest BCUT2D eigenvalue weighted by Crippen LogP contribution is 2.38. The van der Waals surface area contributed by atoms with Gasteiger partial charge in [-0.25, -0.2) is 0 Å². The minimum atomic E-state index is -1.16. The van der Waals surface area contributed by atoms with Crippen molar-refractivity contribution in [1.29, 1.82) is 0 Å². The lowest BCUT2D eigenvalue weighted by molar-refractivity contribution is -0.223. The third-order valence-corrected chi connectivity index (χ3v) is 3.23. The maximum atomic E-state index is 11.8. The van der Waals surface area contributed by atoms with E-state index in [0.29, 0.717) is 5.76 Å². The molecule has 0 fully saturated rings. The number of carbonyl (C=O) groups excluding carboxylic acids is 1. The van der Waals surface area contributed by atoms with Crippen LogP contribution in [0, 0.1) is 0 Å². The van der Waals surface area contributed by atoms with Crippen LogP contribution in [-0.4, -0.2) is 33.0 Å². The van der Waals surface area contributed by atoms with Crippen molar-refractivity contribution in [3.8, 4) is 0 Å². The summed E-state index contributed by atoms with van der Waals surface area (Å²) < 4.78 is 16.3. The first-order valence-corrected chi connectivity index (χ1v) is 5.90. The predicted octanol–water partition coefficient (Wildman–Crippen LogP) is 1.38. The van der Waals surface area contributed by atoms with Crippen LogP contribution in [0.5, 0.6) is 0 Å². The molecule has 2 rings (SSSR count). The highest BCUT2D eigenvalue weighted by molar-refractivity contribution is 5.90. The summed E-state index contributed by atoms with van der Waals surface area (Å²) in [4.78, 5) is 11.8. The fourth-order valence-corrected chi connectivity index (χ4v) is 2.31. The molecule has 0 spiro atoms. The van der Waals surface area contributed by atoms with E-state index in [-0.39, 0.29) is 5.91 Å². The zero-order valence-electron chi connectivity index (χ0n) is 11.2. The van der Waals surface area contributed by atoms with Gasteiger partial charge >= 0.3 is 0 Å². The van der Waals surface area contributed by atoms with Crippen molar-refractivity contribution < 1.29 is 19.0 Å². The fraction of sp³-hybridized carbons (Fsp3) is 0.357. The van der Waals surface area contributed by atoms with E-state index < -0.39 is 11.8 Å². The number of rotatable bonds is 4. The van der Waals surface area contributed by atoms with Gasteiger partial charge in [0.05, 0.1) is 7.11 Å². The lowest BCUT2D eigenvalue weighted by Gasteiger charge is -2.41. The van der Waals surface area contributed by atoms with Crippen LogP contribution < -0.4 is 5.32 Å². The smallest absolute Gasteiger partial charge is 0.252 e. The molecule has 0 saturated heterocycles. The third kappa shape index (κ3) is 2.22. The normalized spacial score (nSPS) is 21.5. The van der Waals surface area contributed by atoms with E-state index in [0.717, 1.165) is 5.56 Å². The molecule has 102 valence electrons. The Kier molecular flexibility index (Phi) is 3.87. The molecule has 1 N–H and O–H groups in total. The van der Waals surface area contributed by atoms with Crippen LogP contribution in [0.25, 0.3) is 0 Å². The molecule has 0 radical (unpaired) electrons. The molecular formula is C14H17NO4. The zero-order valence-corrected chi connectivity index (χ0v) is 11.2. The number of ether oxygens (including phenoxy) is 3. The average Bonchev–Trinajstić information content (AvgIpc) is 2.47. The molecule has 1 heterocycles. The van der Waals surface area contributed by atoms with Gasteiger partial charge in [0.25, 0.3) is 5.79 Å². The second kappa shape index (κ2) is 5.42. The Morgan fingerprint density at radius 2 is 1.74 bits per heavy atom. The molecule has 1 aliphatic rings. The van der Waals surface area contributed by atoms with Crippen LogP contribution in [0.15, 0.2) is 42.2 Å². The quantitative estimate of drug-likeness (QED) is 0.834. The first-order valence-electron chi connectivity index (χ1n) is 5.90. The van der Waals surface area contributed by atoms with Gasteiger partial charge in [-0.1, -0.05) is 30.3 Å². The van der Waals surface area contributed by atoms with E-state index in [1.54, 1.807) is 0 Å². The van der Waals surface area contributed by atoms with Gasteiger partial charge in [-0.15, -0.1) is 0 Å². The maximum absolute atomic E-state index is 11.8. The lowest BCUT2D eigenvalue weighted by atomic mass is 9.93. The molecular weight excluding hydrogens is 246 g/mol. The average molecular weight is 263 g/mol. The van der Waals surface area contributed by atoms with Crippen LogP contribution in [0.1, 0.15) is 11.6 Å². The van der Waals surface area contributed by atoms with E-state index in [2.05, 4.69) is 5.32 Å². The molecule has 0 bridgehead atoms. The van der Waals surface area contributed by atoms with E-state index >= 15 is 0 Å². The van der Waals surface area contributed by atoms with Crippen molar-refractivity contribution in [3.63, 3.8) is 0 Å². The number of amides is 1. The standard InChI is InChI=1S/C14H17NO4/c1-17-11-9-12(16)15-13(14(11,18-2)19-3)10-7-5-4-6-8-10/h4-9,13H,1-3H3,(H,15,16). The second-order valence-corrected chi connectivity index (χ2v) is 4.14. The van der Waals surface area contributed by atoms with Crippen molar-refractivity contribution in [2.24, 2.45) is 0 Å². The zero-order chi connectivity index (χ0) is 13.9. The second-order valence-electron chi connectivity index (χ2n) is 4.14. The third-order valence-electron chi connectivity index (χ3n) is 3.23. The Hall–Kier alpha value is -1.85. The monoisotopic (exact) mass is 263 g/mol. The molecule has 1 atom stereocenters. The number of benzene rings is 1. The molecule has 0 saturated carbocycles. The van der Waals surface area contributed by atoms with Crippen molar-refractivity contribution in [1.82, 2.24) is 5.32 Å². The lowest BCUT2D eigenvalue weighted by Crippen LogP contribution is -2.53. The number of nitrogens with one attached hydrogen (secondary N) is 1. The number of hydrogen-bond donors (Lipinski definition) is 1. The van der Waals surface area contributed by atoms with Crippen molar-refractivity contribution in [2.45, 2.75) is 11.8 Å². The summed E-state index contributed by atoms with van der Waals surface area (Å²) in [7, 11) is 4.52. The van der Waals surface area contributed by atoms with Gasteiger partial charge in [-0.2, -0.15) is 0 Å². The topological polar surface area (TPSA) is 56.8 Å². The van der Waals surface area contributed by atoms with Crippen LogP contribution in [0.4, 0.5) is 0 Å². The highest BCUT2D eigenvalue weighted by Gasteiger charge is 2.49. The van der Waals surface area contributed by atoms with Crippen LogP contribution in [0.2, 0.25) is 0 Å². The SMILES string of the molecule is COC1=CC(=O)NC(c2ccccc2)C1(OC)OC. The molecule has 19 heavy (non-hydrogen) atoms. The minimum absolute atomic E-state index is 0.240. The Balaban J connectivity index is 2.52. The largest absolute Gasteiger partial charge is 0.495 e. The Labute approximate surface area is 112 Å². The number of methoxy groups -OCH3 is 3. The molecule has 1 aliphatic heterocycles. The van der Waals surface area contributed by atoms with Gasteiger partial charge in [0.1, 0.15) is 6.04 Å². The summed E-state index contributed by atoms with van der Waals surface area (Å²) in [5, 5.41) is 2.84. The molecule has 1 aromatic carbocycles. The first-order chi connectivity index (χ1) is 9.17. The Bertz CT molecular complexity index is 479. The molecule has 5 nitrogen and oxygen atoms in total. The summed E-state index contributed by atoms with van der Waals surface area (Å²) in [6, 6.07) is 9.01. The van der Waals surface area contributed by atoms with Gasteiger partial charge < -0.3 is 19.5 Å². The van der Waals surface area contributed by atoms with Crippen molar-refractivity contribution in [3.05, 3.63) is 47.7 Å². The summed E-state index contributed by atoms with van der Waals surface area (Å²) >= 11 is 0. The first kappa shape index (κ1) is 13.6. The molecule has 1 unspecified atom stereocenters. The molecule has 1 aromatic rings. The Morgan fingerprint density at radius 3 is 2.26 bits per heavy atom. The van der Waals surface area contributed by atoms with Gasteiger partial charge in [-0.05, 0) is 5.56 Å². The summed E-state index contributed by atoms with van der Waals surface area (Å²) in [5.74, 6) is -1.06. The fourth-order valence-electron chi connectivity index (χ4n) is 2.31. The van der Waals surface area contributed by atoms with Crippen LogP contribution in [-0.2, 0) is 19.0 Å². The van der Waals surface area contributed by atoms with Gasteiger partial charge in [0.2, 0.25) is 5.91 Å². The van der Waals surface area contributed by atoms with Gasteiger partial charge in [0, 0.05) is 20.3 Å². The van der Waals surface area contributed by atoms with E-state index in [1.807, 2.05) is 30.3 Å². The van der Waals surface area contributed by atoms with Crippen LogP contribution in [0.3, 0.4) is 0 Å². The molecule has 0 aromatic heterocycles. The highest BCUT2D eigenvalue weighted by atomic mass is 16.7. The van der Waals surface area contributed by atoms with E-state index in [4.69, 9.17) is 14.2 Å². The molecule has 1 amide bonds. The molecule has 5 heteroatoms. The maximum Gasteiger partial charge on any atom is 0.252 e. The van der Waals surface area contributed by atoms with E-state index in [9.17, 15) is 4.79 Å². The van der Waals surface area contributed by atoms with Gasteiger partial charge in [0.15, 0.2) is 5.76 Å². The molecule has 0 aliphatic carbocycles. The summed E-state index contributed by atoms with van der Waals surface area (Å²) in [6.07, 6.45) is 1.34. The van der Waals surface area contributed by atoms with Crippen LogP contribution >= 0.6 is 0 Å². The Morgan fingerprint density at radius 1 is 1.11 bits per heavy atom. The predicted molar refractivity (Wildman–Crippen MR) is 69.2 cm³/mol. The van der Waals surface area contributed by atoms with E-state index in [1.165, 1.54) is 27.4 Å². The summed E-state index contributed by atoms with van der Waals surface area (Å²) in [6.45, 7) is 0. The van der Waals surface area contributed by atoms with Crippen molar-refractivity contribution >= 4 is 5.91 Å². The van der Waals surface area contributed by atoms with Gasteiger partial charge in [-0.3, -0.25) is 4.79 Å². The van der Waals surface area contributed by atoms with Crippen molar-refractivity contribution in [2.75, 3.05) is 21.3 Å². The summed E-state index contributed by atoms with van der Waals surface area (Å²) in [5.41, 5.74) is 0.877. The number of carbonyl (C=O) groups is 1. The number of hydrogen-bond acceptors (Lipinski definition) is 4.